The standard InChI is InChI=1S/C11H19N3S.HI/c1-4-14(5-2)11(12)13-8-10-9(3)6-7-15-10;/h6-7H,4-5,8H2,1-3H3,(H2,12,13);1H. The van der Waals surface area contributed by atoms with E-state index in [-0.39, 0.29) is 24.0 Å². The Hall–Kier alpha value is -0.300. The lowest BCUT2D eigenvalue weighted by molar-refractivity contribution is 0.458. The fraction of sp³-hybridized carbons (Fsp3) is 0.545. The number of aryl methyl sites for hydroxylation is 1. The summed E-state index contributed by atoms with van der Waals surface area (Å²) in [6, 6.07) is 2.11. The predicted molar refractivity (Wildman–Crippen MR) is 82.7 cm³/mol. The zero-order valence-corrected chi connectivity index (χ0v) is 13.2. The van der Waals surface area contributed by atoms with E-state index in [0.29, 0.717) is 12.5 Å². The van der Waals surface area contributed by atoms with Crippen molar-refractivity contribution in [1.82, 2.24) is 4.90 Å². The average molecular weight is 353 g/mol. The summed E-state index contributed by atoms with van der Waals surface area (Å²) >= 11 is 1.74. The van der Waals surface area contributed by atoms with Crippen LogP contribution in [0, 0.1) is 6.92 Å². The van der Waals surface area contributed by atoms with Crippen molar-refractivity contribution in [3.8, 4) is 0 Å². The van der Waals surface area contributed by atoms with Gasteiger partial charge in [0.05, 0.1) is 6.54 Å². The highest BCUT2D eigenvalue weighted by Gasteiger charge is 2.03. The molecule has 0 radical (unpaired) electrons. The van der Waals surface area contributed by atoms with Crippen LogP contribution in [0.1, 0.15) is 24.3 Å². The molecule has 0 aliphatic rings. The largest absolute Gasteiger partial charge is 0.370 e. The van der Waals surface area contributed by atoms with Gasteiger partial charge in [0.2, 0.25) is 0 Å². The maximum atomic E-state index is 5.89. The number of thiophene rings is 1. The second-order valence-electron chi connectivity index (χ2n) is 3.37. The third-order valence-electron chi connectivity index (χ3n) is 2.44. The van der Waals surface area contributed by atoms with Crippen molar-refractivity contribution in [2.24, 2.45) is 10.7 Å². The van der Waals surface area contributed by atoms with Gasteiger partial charge in [0.15, 0.2) is 5.96 Å². The number of nitrogens with two attached hydrogens (primary N) is 1. The molecule has 1 aromatic rings. The fourth-order valence-corrected chi connectivity index (χ4v) is 2.20. The molecule has 2 N–H and O–H groups in total. The van der Waals surface area contributed by atoms with Crippen LogP contribution in [0.2, 0.25) is 0 Å². The quantitative estimate of drug-likeness (QED) is 0.514. The number of halogens is 1. The zero-order chi connectivity index (χ0) is 11.3. The molecule has 0 amide bonds. The van der Waals surface area contributed by atoms with E-state index < -0.39 is 0 Å². The maximum Gasteiger partial charge on any atom is 0.191 e. The Balaban J connectivity index is 0.00000225. The summed E-state index contributed by atoms with van der Waals surface area (Å²) in [5.74, 6) is 0.646. The van der Waals surface area contributed by atoms with Crippen molar-refractivity contribution in [3.63, 3.8) is 0 Å². The monoisotopic (exact) mass is 353 g/mol. The number of rotatable bonds is 4. The summed E-state index contributed by atoms with van der Waals surface area (Å²) in [5, 5.41) is 2.09. The van der Waals surface area contributed by atoms with Crippen LogP contribution < -0.4 is 5.73 Å². The number of aliphatic imine (C=N–C) groups is 1. The van der Waals surface area contributed by atoms with Crippen molar-refractivity contribution in [2.45, 2.75) is 27.3 Å². The van der Waals surface area contributed by atoms with Gasteiger partial charge in [-0.3, -0.25) is 0 Å². The highest BCUT2D eigenvalue weighted by atomic mass is 127. The van der Waals surface area contributed by atoms with Gasteiger partial charge in [-0.05, 0) is 37.8 Å². The molecule has 0 atom stereocenters. The normalized spacial score (nSPS) is 11.1. The molecule has 0 saturated carbocycles. The van der Waals surface area contributed by atoms with Crippen molar-refractivity contribution in [2.75, 3.05) is 13.1 Å². The molecule has 5 heteroatoms. The summed E-state index contributed by atoms with van der Waals surface area (Å²) in [6.45, 7) is 8.80. The number of guanidine groups is 1. The van der Waals surface area contributed by atoms with E-state index in [4.69, 9.17) is 5.73 Å². The third-order valence-corrected chi connectivity index (χ3v) is 3.45. The Morgan fingerprint density at radius 3 is 2.50 bits per heavy atom. The van der Waals surface area contributed by atoms with Crippen molar-refractivity contribution in [3.05, 3.63) is 21.9 Å². The Bertz CT molecular complexity index is 332. The minimum atomic E-state index is 0. The van der Waals surface area contributed by atoms with Crippen molar-refractivity contribution in [1.29, 1.82) is 0 Å². The maximum absolute atomic E-state index is 5.89. The van der Waals surface area contributed by atoms with Gasteiger partial charge in [-0.25, -0.2) is 4.99 Å². The van der Waals surface area contributed by atoms with E-state index in [2.05, 4.69) is 42.1 Å². The lowest BCUT2D eigenvalue weighted by atomic mass is 10.3. The molecule has 1 aromatic heterocycles. The second-order valence-corrected chi connectivity index (χ2v) is 4.37. The summed E-state index contributed by atoms with van der Waals surface area (Å²) in [7, 11) is 0. The van der Waals surface area contributed by atoms with E-state index in [1.807, 2.05) is 0 Å². The first-order chi connectivity index (χ1) is 7.19. The zero-order valence-electron chi connectivity index (χ0n) is 10.1. The molecular weight excluding hydrogens is 333 g/mol. The predicted octanol–water partition coefficient (Wildman–Crippen LogP) is 2.83. The van der Waals surface area contributed by atoms with Gasteiger partial charge >= 0.3 is 0 Å². The van der Waals surface area contributed by atoms with Crippen LogP contribution in [0.5, 0.6) is 0 Å². The molecule has 1 rings (SSSR count). The van der Waals surface area contributed by atoms with Gasteiger partial charge in [-0.2, -0.15) is 0 Å². The molecule has 0 saturated heterocycles. The van der Waals surface area contributed by atoms with Crippen LogP contribution in [-0.4, -0.2) is 23.9 Å². The minimum Gasteiger partial charge on any atom is -0.370 e. The first-order valence-electron chi connectivity index (χ1n) is 5.26. The van der Waals surface area contributed by atoms with Gasteiger partial charge in [0.1, 0.15) is 0 Å². The molecule has 0 bridgehead atoms. The van der Waals surface area contributed by atoms with Gasteiger partial charge in [-0.15, -0.1) is 35.3 Å². The average Bonchev–Trinajstić information content (AvgIpc) is 2.63. The van der Waals surface area contributed by atoms with Crippen LogP contribution in [0.3, 0.4) is 0 Å². The van der Waals surface area contributed by atoms with Gasteiger partial charge in [0, 0.05) is 18.0 Å². The molecule has 0 aliphatic heterocycles. The number of hydrogen-bond acceptors (Lipinski definition) is 2. The Labute approximate surface area is 119 Å². The summed E-state index contributed by atoms with van der Waals surface area (Å²) in [5.41, 5.74) is 7.19. The Kier molecular flexibility index (Phi) is 7.74. The van der Waals surface area contributed by atoms with Gasteiger partial charge < -0.3 is 10.6 Å². The van der Waals surface area contributed by atoms with E-state index in [1.165, 1.54) is 10.4 Å². The Morgan fingerprint density at radius 2 is 2.06 bits per heavy atom. The van der Waals surface area contributed by atoms with Crippen LogP contribution >= 0.6 is 35.3 Å². The van der Waals surface area contributed by atoms with Crippen molar-refractivity contribution < 1.29 is 0 Å². The lowest BCUT2D eigenvalue weighted by Crippen LogP contribution is -2.37. The molecule has 0 aromatic carbocycles. The molecule has 1 heterocycles. The van der Waals surface area contributed by atoms with Crippen LogP contribution in [-0.2, 0) is 6.54 Å². The third kappa shape index (κ3) is 4.29. The number of hydrogen-bond donors (Lipinski definition) is 1. The second kappa shape index (κ2) is 7.89. The first-order valence-corrected chi connectivity index (χ1v) is 6.14. The van der Waals surface area contributed by atoms with Crippen molar-refractivity contribution >= 4 is 41.3 Å². The SMILES string of the molecule is CCN(CC)C(N)=NCc1sccc1C.I. The summed E-state index contributed by atoms with van der Waals surface area (Å²) < 4.78 is 0. The number of nitrogens with zero attached hydrogens (tertiary/aromatic N) is 2. The van der Waals surface area contributed by atoms with Crippen LogP contribution in [0.25, 0.3) is 0 Å². The molecule has 0 fully saturated rings. The van der Waals surface area contributed by atoms with E-state index in [1.54, 1.807) is 11.3 Å². The van der Waals surface area contributed by atoms with Gasteiger partial charge in [0.25, 0.3) is 0 Å². The minimum absolute atomic E-state index is 0. The summed E-state index contributed by atoms with van der Waals surface area (Å²) in [4.78, 5) is 7.76. The van der Waals surface area contributed by atoms with E-state index >= 15 is 0 Å². The van der Waals surface area contributed by atoms with E-state index in [0.717, 1.165) is 13.1 Å². The first kappa shape index (κ1) is 15.7. The fourth-order valence-electron chi connectivity index (χ4n) is 1.37. The molecule has 0 spiro atoms. The molecular formula is C11H20IN3S. The van der Waals surface area contributed by atoms with Crippen LogP contribution in [0.15, 0.2) is 16.4 Å². The Morgan fingerprint density at radius 1 is 1.44 bits per heavy atom. The van der Waals surface area contributed by atoms with Gasteiger partial charge in [-0.1, -0.05) is 0 Å². The highest BCUT2D eigenvalue weighted by Crippen LogP contribution is 2.16. The molecule has 0 aliphatic carbocycles. The highest BCUT2D eigenvalue weighted by molar-refractivity contribution is 14.0. The molecule has 92 valence electrons. The molecule has 16 heavy (non-hydrogen) atoms. The van der Waals surface area contributed by atoms with E-state index in [9.17, 15) is 0 Å². The molecule has 3 nitrogen and oxygen atoms in total. The topological polar surface area (TPSA) is 41.6 Å². The summed E-state index contributed by atoms with van der Waals surface area (Å²) in [6.07, 6.45) is 0. The molecule has 0 unspecified atom stereocenters. The smallest absolute Gasteiger partial charge is 0.191 e. The lowest BCUT2D eigenvalue weighted by Gasteiger charge is -2.19. The van der Waals surface area contributed by atoms with Crippen LogP contribution in [0.4, 0.5) is 0 Å².